The normalized spacial score (nSPS) is 13.7. The van der Waals surface area contributed by atoms with Crippen molar-refractivity contribution in [3.8, 4) is 0 Å². The zero-order valence-corrected chi connectivity index (χ0v) is 38.0. The highest BCUT2D eigenvalue weighted by molar-refractivity contribution is 7.47. The van der Waals surface area contributed by atoms with Gasteiger partial charge in [0.25, 0.3) is 0 Å². The zero-order valence-electron chi connectivity index (χ0n) is 37.1. The second-order valence-electron chi connectivity index (χ2n) is 16.3. The van der Waals surface area contributed by atoms with Crippen LogP contribution in [0.15, 0.2) is 12.2 Å². The molecule has 0 heterocycles. The standard InChI is InChI=1S/C46H88NO10P/c1-3-5-7-9-11-13-15-17-19-20-21-22-24-25-27-29-31-33-35-37-44(49)47-43(46(51)52)41-57-58(53,54)56-40-42(48)39-55-45(50)38-36-34-32-30-28-26-23-18-16-14-12-10-8-6-4-2/h18,23,42-43,48H,3-17,19-22,24-41H2,1-2H3,(H,47,49)(H,51,52)(H,53,54)/b23-18-. The number of aliphatic carboxylic acids is 1. The number of amides is 1. The number of allylic oxidation sites excluding steroid dienone is 2. The Morgan fingerprint density at radius 3 is 1.31 bits per heavy atom. The Hall–Kier alpha value is -1.78. The molecule has 0 aliphatic rings. The van der Waals surface area contributed by atoms with E-state index < -0.39 is 57.6 Å². The van der Waals surface area contributed by atoms with E-state index in [1.807, 2.05) is 0 Å². The van der Waals surface area contributed by atoms with E-state index in [0.717, 1.165) is 57.8 Å². The van der Waals surface area contributed by atoms with Crippen molar-refractivity contribution in [1.82, 2.24) is 5.32 Å². The fourth-order valence-corrected chi connectivity index (χ4v) is 7.61. The van der Waals surface area contributed by atoms with Crippen LogP contribution in [0.3, 0.4) is 0 Å². The number of phosphoric ester groups is 1. The van der Waals surface area contributed by atoms with E-state index in [1.54, 1.807) is 0 Å². The lowest BCUT2D eigenvalue weighted by molar-refractivity contribution is -0.147. The average molecular weight is 846 g/mol. The van der Waals surface area contributed by atoms with E-state index in [1.165, 1.54) is 135 Å². The highest BCUT2D eigenvalue weighted by atomic mass is 31.2. The highest BCUT2D eigenvalue weighted by Crippen LogP contribution is 2.43. The molecule has 342 valence electrons. The number of aliphatic hydroxyl groups is 1. The number of carbonyl (C=O) groups is 3. The Labute approximate surface area is 354 Å². The summed E-state index contributed by atoms with van der Waals surface area (Å²) in [7, 11) is -4.75. The lowest BCUT2D eigenvalue weighted by Gasteiger charge is -2.18. The topological polar surface area (TPSA) is 169 Å². The molecule has 4 N–H and O–H groups in total. The SMILES string of the molecule is CCCCCCCC/C=C\CCCCCCCC(=O)OCC(O)COP(=O)(O)OCC(NC(=O)CCCCCCCCCCCCCCCCCCCCC)C(=O)O. The van der Waals surface area contributed by atoms with Crippen LogP contribution in [-0.2, 0) is 32.7 Å². The lowest BCUT2D eigenvalue weighted by atomic mass is 10.0. The molecule has 3 unspecified atom stereocenters. The minimum absolute atomic E-state index is 0.151. The fourth-order valence-electron chi connectivity index (χ4n) is 6.84. The predicted molar refractivity (Wildman–Crippen MR) is 236 cm³/mol. The maximum atomic E-state index is 12.3. The van der Waals surface area contributed by atoms with E-state index >= 15 is 0 Å². The van der Waals surface area contributed by atoms with Crippen LogP contribution >= 0.6 is 7.82 Å². The fraction of sp³-hybridized carbons (Fsp3) is 0.891. The minimum Gasteiger partial charge on any atom is -0.480 e. The summed E-state index contributed by atoms with van der Waals surface area (Å²) in [6.45, 7) is 2.61. The molecule has 11 nitrogen and oxygen atoms in total. The molecule has 0 aromatic carbocycles. The van der Waals surface area contributed by atoms with Crippen molar-refractivity contribution in [3.63, 3.8) is 0 Å². The number of phosphoric acid groups is 1. The lowest BCUT2D eigenvalue weighted by Crippen LogP contribution is -2.43. The van der Waals surface area contributed by atoms with Gasteiger partial charge in [-0.3, -0.25) is 18.6 Å². The quantitative estimate of drug-likeness (QED) is 0.0200. The Bertz CT molecular complexity index is 1040. The molecule has 0 rings (SSSR count). The molecule has 0 spiro atoms. The average Bonchev–Trinajstić information content (AvgIpc) is 3.20. The minimum atomic E-state index is -4.75. The molecule has 0 aliphatic carbocycles. The molecule has 0 aromatic rings. The van der Waals surface area contributed by atoms with Crippen LogP contribution in [0, 0.1) is 0 Å². The van der Waals surface area contributed by atoms with Crippen LogP contribution in [0.25, 0.3) is 0 Å². The molecule has 0 bridgehead atoms. The van der Waals surface area contributed by atoms with Gasteiger partial charge in [0.2, 0.25) is 5.91 Å². The molecule has 3 atom stereocenters. The zero-order chi connectivity index (χ0) is 42.8. The molecular formula is C46H88NO10P. The maximum Gasteiger partial charge on any atom is 0.472 e. The number of nitrogens with one attached hydrogen (secondary N) is 1. The van der Waals surface area contributed by atoms with Gasteiger partial charge in [0.15, 0.2) is 6.04 Å². The van der Waals surface area contributed by atoms with Crippen molar-refractivity contribution in [3.05, 3.63) is 12.2 Å². The molecule has 58 heavy (non-hydrogen) atoms. The van der Waals surface area contributed by atoms with Gasteiger partial charge < -0.3 is 25.2 Å². The second kappa shape index (κ2) is 41.9. The first-order valence-electron chi connectivity index (χ1n) is 23.7. The van der Waals surface area contributed by atoms with Crippen molar-refractivity contribution in [2.45, 2.75) is 244 Å². The summed E-state index contributed by atoms with van der Waals surface area (Å²) in [5.41, 5.74) is 0. The first-order valence-corrected chi connectivity index (χ1v) is 25.2. The Morgan fingerprint density at radius 2 is 0.897 bits per heavy atom. The number of rotatable bonds is 45. The molecule has 0 saturated heterocycles. The summed E-state index contributed by atoms with van der Waals surface area (Å²) in [6.07, 6.45) is 42.3. The van der Waals surface area contributed by atoms with Crippen LogP contribution in [0.4, 0.5) is 0 Å². The number of hydrogen-bond donors (Lipinski definition) is 4. The third-order valence-electron chi connectivity index (χ3n) is 10.6. The number of unbranched alkanes of at least 4 members (excludes halogenated alkanes) is 29. The first-order chi connectivity index (χ1) is 28.1. The van der Waals surface area contributed by atoms with Gasteiger partial charge in [0.05, 0.1) is 13.2 Å². The van der Waals surface area contributed by atoms with Crippen LogP contribution in [0.1, 0.15) is 232 Å². The van der Waals surface area contributed by atoms with Gasteiger partial charge in [-0.2, -0.15) is 0 Å². The Balaban J connectivity index is 3.85. The van der Waals surface area contributed by atoms with Crippen molar-refractivity contribution in [1.29, 1.82) is 0 Å². The molecule has 0 radical (unpaired) electrons. The summed E-state index contributed by atoms with van der Waals surface area (Å²) >= 11 is 0. The summed E-state index contributed by atoms with van der Waals surface area (Å²) in [5, 5.41) is 21.9. The van der Waals surface area contributed by atoms with Crippen LogP contribution < -0.4 is 5.32 Å². The third kappa shape index (κ3) is 41.0. The summed E-state index contributed by atoms with van der Waals surface area (Å²) < 4.78 is 26.9. The summed E-state index contributed by atoms with van der Waals surface area (Å²) in [5.74, 6) is -2.37. The van der Waals surface area contributed by atoms with E-state index in [4.69, 9.17) is 13.8 Å². The molecule has 0 fully saturated rings. The number of carboxylic acids is 1. The van der Waals surface area contributed by atoms with Gasteiger partial charge >= 0.3 is 19.8 Å². The number of aliphatic hydroxyl groups excluding tert-OH is 1. The Morgan fingerprint density at radius 1 is 0.534 bits per heavy atom. The number of ether oxygens (including phenoxy) is 1. The van der Waals surface area contributed by atoms with E-state index in [2.05, 4.69) is 31.3 Å². The smallest absolute Gasteiger partial charge is 0.472 e. The van der Waals surface area contributed by atoms with Crippen molar-refractivity contribution >= 4 is 25.7 Å². The third-order valence-corrected chi connectivity index (χ3v) is 11.5. The number of carboxylic acid groups (broad SMARTS) is 1. The highest BCUT2D eigenvalue weighted by Gasteiger charge is 2.28. The van der Waals surface area contributed by atoms with Crippen molar-refractivity contribution in [2.24, 2.45) is 0 Å². The second-order valence-corrected chi connectivity index (χ2v) is 17.8. The largest absolute Gasteiger partial charge is 0.480 e. The molecular weight excluding hydrogens is 757 g/mol. The van der Waals surface area contributed by atoms with E-state index in [9.17, 15) is 34.1 Å². The number of carbonyl (C=O) groups excluding carboxylic acids is 2. The number of esters is 1. The van der Waals surface area contributed by atoms with Crippen molar-refractivity contribution in [2.75, 3.05) is 19.8 Å². The van der Waals surface area contributed by atoms with E-state index in [0.29, 0.717) is 12.8 Å². The molecule has 0 aliphatic heterocycles. The van der Waals surface area contributed by atoms with Gasteiger partial charge in [0.1, 0.15) is 12.7 Å². The van der Waals surface area contributed by atoms with Gasteiger partial charge in [-0.1, -0.05) is 193 Å². The van der Waals surface area contributed by atoms with Gasteiger partial charge in [-0.25, -0.2) is 9.36 Å². The molecule has 1 amide bonds. The van der Waals surface area contributed by atoms with Gasteiger partial charge in [-0.05, 0) is 38.5 Å². The monoisotopic (exact) mass is 846 g/mol. The number of hydrogen-bond acceptors (Lipinski definition) is 8. The Kier molecular flexibility index (Phi) is 40.6. The van der Waals surface area contributed by atoms with E-state index in [-0.39, 0.29) is 12.8 Å². The maximum absolute atomic E-state index is 12.3. The van der Waals surface area contributed by atoms with Crippen LogP contribution in [-0.4, -0.2) is 64.9 Å². The molecule has 0 aromatic heterocycles. The van der Waals surface area contributed by atoms with Crippen LogP contribution in [0.2, 0.25) is 0 Å². The predicted octanol–water partition coefficient (Wildman–Crippen LogP) is 12.5. The van der Waals surface area contributed by atoms with Gasteiger partial charge in [0, 0.05) is 12.8 Å². The summed E-state index contributed by atoms with van der Waals surface area (Å²) in [6, 6.07) is -1.54. The van der Waals surface area contributed by atoms with Crippen LogP contribution in [0.5, 0.6) is 0 Å². The first kappa shape index (κ1) is 56.2. The summed E-state index contributed by atoms with van der Waals surface area (Å²) in [4.78, 5) is 46.0. The molecule has 12 heteroatoms. The van der Waals surface area contributed by atoms with Gasteiger partial charge in [-0.15, -0.1) is 0 Å². The van der Waals surface area contributed by atoms with Crippen molar-refractivity contribution < 1.29 is 47.8 Å². The molecule has 0 saturated carbocycles.